The van der Waals surface area contributed by atoms with Crippen LogP contribution in [-0.2, 0) is 14.3 Å². The molecule has 13 heteroatoms. The van der Waals surface area contributed by atoms with Crippen molar-refractivity contribution < 1.29 is 54.2 Å². The monoisotopic (exact) mass is 469 g/mol. The number of benzene rings is 2. The number of rotatable bonds is 4. The van der Waals surface area contributed by atoms with Crippen molar-refractivity contribution in [2.45, 2.75) is 26.0 Å². The van der Waals surface area contributed by atoms with Crippen molar-refractivity contribution in [2.24, 2.45) is 0 Å². The Hall–Kier alpha value is -3.38. The minimum Gasteiger partial charge on any atom is -0.464 e. The second kappa shape index (κ2) is 7.95. The summed E-state index contributed by atoms with van der Waals surface area (Å²) in [7, 11) is 0. The number of anilines is 1. The molecule has 1 aliphatic rings. The van der Waals surface area contributed by atoms with Crippen molar-refractivity contribution in [3.63, 3.8) is 0 Å². The normalized spacial score (nSPS) is 15.8. The zero-order chi connectivity index (χ0) is 24.1. The maximum atomic E-state index is 14.6. The van der Waals surface area contributed by atoms with Crippen LogP contribution >= 0.6 is 0 Å². The fourth-order valence-corrected chi connectivity index (χ4v) is 3.03. The summed E-state index contributed by atoms with van der Waals surface area (Å²) in [5.41, 5.74) is -3.77. The van der Waals surface area contributed by atoms with E-state index < -0.39 is 81.5 Å². The van der Waals surface area contributed by atoms with Gasteiger partial charge in [0.2, 0.25) is 5.82 Å². The molecule has 0 N–H and O–H groups in total. The van der Waals surface area contributed by atoms with Gasteiger partial charge in [0.15, 0.2) is 29.0 Å². The van der Waals surface area contributed by atoms with E-state index in [9.17, 15) is 44.7 Å². The molecule has 1 amide bonds. The Bertz CT molecular complexity index is 1110. The molecule has 0 aliphatic carbocycles. The third kappa shape index (κ3) is 3.50. The molecular formula is C19H11F8NO4. The summed E-state index contributed by atoms with van der Waals surface area (Å²) in [6, 6.07) is -1.25. The van der Waals surface area contributed by atoms with Crippen LogP contribution in [0.1, 0.15) is 13.8 Å². The average molecular weight is 469 g/mol. The number of alkyl halides is 2. The number of esters is 1. The summed E-state index contributed by atoms with van der Waals surface area (Å²) in [4.78, 5) is 24.4. The van der Waals surface area contributed by atoms with Gasteiger partial charge in [0.1, 0.15) is 11.9 Å². The smallest absolute Gasteiger partial charge is 0.464 e. The highest BCUT2D eigenvalue weighted by Crippen LogP contribution is 2.45. The van der Waals surface area contributed by atoms with Crippen LogP contribution in [0.25, 0.3) is 11.1 Å². The van der Waals surface area contributed by atoms with Crippen LogP contribution in [0.4, 0.5) is 40.8 Å². The van der Waals surface area contributed by atoms with Crippen molar-refractivity contribution in [1.82, 2.24) is 0 Å². The molecule has 32 heavy (non-hydrogen) atoms. The van der Waals surface area contributed by atoms with E-state index in [0.29, 0.717) is 6.07 Å². The second-order valence-corrected chi connectivity index (χ2v) is 6.47. The molecular weight excluding hydrogens is 458 g/mol. The summed E-state index contributed by atoms with van der Waals surface area (Å²) in [6.07, 6.45) is -4.56. The molecule has 3 rings (SSSR count). The molecule has 1 aliphatic heterocycles. The SMILES string of the molecule is CCOC(=O)[C@H](C)N1C(=O)C(F)(F)Oc2cc(F)c(-c3c(F)c(F)c(F)c(F)c3F)cc21. The number of fused-ring (bicyclic) bond motifs is 1. The fourth-order valence-electron chi connectivity index (χ4n) is 3.03. The quantitative estimate of drug-likeness (QED) is 0.287. The zero-order valence-electron chi connectivity index (χ0n) is 16.0. The lowest BCUT2D eigenvalue weighted by Crippen LogP contribution is -2.56. The molecule has 0 spiro atoms. The number of amides is 1. The maximum absolute atomic E-state index is 14.6. The van der Waals surface area contributed by atoms with Gasteiger partial charge >= 0.3 is 18.0 Å². The number of ether oxygens (including phenoxy) is 2. The van der Waals surface area contributed by atoms with Crippen molar-refractivity contribution >= 4 is 17.6 Å². The Morgan fingerprint density at radius 1 is 1.03 bits per heavy atom. The van der Waals surface area contributed by atoms with Crippen LogP contribution in [0.5, 0.6) is 5.75 Å². The number of hydrogen-bond donors (Lipinski definition) is 0. The Morgan fingerprint density at radius 2 is 1.56 bits per heavy atom. The molecule has 0 fully saturated rings. The standard InChI is InChI=1S/C19H11F8NO4/c1-3-31-17(29)6(2)28-9-4-7(8(20)5-10(9)32-19(26,27)18(28)30)11-12(21)14(23)16(25)15(24)13(11)22/h4-6H,3H2,1-2H3/t6-/m0/s1. The average Bonchev–Trinajstić information content (AvgIpc) is 2.72. The van der Waals surface area contributed by atoms with E-state index in [-0.39, 0.29) is 17.6 Å². The fraction of sp³-hybridized carbons (Fsp3) is 0.263. The summed E-state index contributed by atoms with van der Waals surface area (Å²) < 4.78 is 120. The molecule has 1 atom stereocenters. The lowest BCUT2D eigenvalue weighted by molar-refractivity contribution is -0.193. The molecule has 0 saturated carbocycles. The molecule has 0 unspecified atom stereocenters. The first-order chi connectivity index (χ1) is 14.8. The van der Waals surface area contributed by atoms with E-state index in [1.807, 2.05) is 0 Å². The molecule has 0 radical (unpaired) electrons. The van der Waals surface area contributed by atoms with Crippen LogP contribution in [0, 0.1) is 34.9 Å². The van der Waals surface area contributed by atoms with Crippen LogP contribution < -0.4 is 9.64 Å². The first-order valence-corrected chi connectivity index (χ1v) is 8.75. The van der Waals surface area contributed by atoms with Gasteiger partial charge in [-0.2, -0.15) is 8.78 Å². The van der Waals surface area contributed by atoms with Gasteiger partial charge < -0.3 is 9.47 Å². The summed E-state index contributed by atoms with van der Waals surface area (Å²) in [6.45, 7) is 2.14. The van der Waals surface area contributed by atoms with Crippen LogP contribution in [0.3, 0.4) is 0 Å². The molecule has 172 valence electrons. The molecule has 2 aromatic rings. The van der Waals surface area contributed by atoms with Crippen LogP contribution in [0.15, 0.2) is 12.1 Å². The molecule has 0 bridgehead atoms. The number of hydrogen-bond acceptors (Lipinski definition) is 4. The predicted octanol–water partition coefficient (Wildman–Crippen LogP) is 4.46. The molecule has 1 heterocycles. The van der Waals surface area contributed by atoms with Crippen molar-refractivity contribution in [1.29, 1.82) is 0 Å². The number of nitrogens with zero attached hydrogens (tertiary/aromatic N) is 1. The van der Waals surface area contributed by atoms with Gasteiger partial charge in [0, 0.05) is 11.6 Å². The van der Waals surface area contributed by atoms with Gasteiger partial charge in [-0.25, -0.2) is 31.1 Å². The van der Waals surface area contributed by atoms with E-state index in [4.69, 9.17) is 0 Å². The lowest BCUT2D eigenvalue weighted by atomic mass is 10.00. The minimum atomic E-state index is -4.56. The largest absolute Gasteiger partial charge is 0.483 e. The molecule has 0 aromatic heterocycles. The van der Waals surface area contributed by atoms with E-state index in [1.165, 1.54) is 6.92 Å². The Balaban J connectivity index is 2.30. The first-order valence-electron chi connectivity index (χ1n) is 8.75. The highest BCUT2D eigenvalue weighted by Gasteiger charge is 2.53. The summed E-state index contributed by atoms with van der Waals surface area (Å²) in [5.74, 6) is -18.1. The van der Waals surface area contributed by atoms with Gasteiger partial charge in [0.25, 0.3) is 0 Å². The van der Waals surface area contributed by atoms with Crippen molar-refractivity contribution in [3.8, 4) is 16.9 Å². The van der Waals surface area contributed by atoms with E-state index in [0.717, 1.165) is 6.92 Å². The van der Waals surface area contributed by atoms with E-state index in [2.05, 4.69) is 9.47 Å². The van der Waals surface area contributed by atoms with Gasteiger partial charge in [-0.3, -0.25) is 9.69 Å². The third-order valence-corrected chi connectivity index (χ3v) is 4.51. The minimum absolute atomic E-state index is 0.117. The Kier molecular flexibility index (Phi) is 5.78. The number of carbonyl (C=O) groups is 2. The lowest BCUT2D eigenvalue weighted by Gasteiger charge is -2.36. The number of halogens is 8. The van der Waals surface area contributed by atoms with Gasteiger partial charge in [0.05, 0.1) is 17.9 Å². The molecule has 5 nitrogen and oxygen atoms in total. The topological polar surface area (TPSA) is 55.8 Å². The summed E-state index contributed by atoms with van der Waals surface area (Å²) in [5, 5.41) is 0. The zero-order valence-corrected chi connectivity index (χ0v) is 16.0. The Labute approximate surface area is 174 Å². The van der Waals surface area contributed by atoms with Crippen LogP contribution in [-0.4, -0.2) is 30.6 Å². The predicted molar refractivity (Wildman–Crippen MR) is 90.8 cm³/mol. The van der Waals surface area contributed by atoms with Gasteiger partial charge in [-0.1, -0.05) is 0 Å². The Morgan fingerprint density at radius 3 is 2.09 bits per heavy atom. The van der Waals surface area contributed by atoms with E-state index in [1.54, 1.807) is 0 Å². The first kappa shape index (κ1) is 23.3. The van der Waals surface area contributed by atoms with Crippen LogP contribution in [0.2, 0.25) is 0 Å². The third-order valence-electron chi connectivity index (χ3n) is 4.51. The summed E-state index contributed by atoms with van der Waals surface area (Å²) >= 11 is 0. The maximum Gasteiger partial charge on any atom is 0.483 e. The molecule has 2 aromatic carbocycles. The van der Waals surface area contributed by atoms with Gasteiger partial charge in [-0.05, 0) is 19.9 Å². The van der Waals surface area contributed by atoms with Crippen molar-refractivity contribution in [3.05, 3.63) is 47.0 Å². The second-order valence-electron chi connectivity index (χ2n) is 6.47. The highest BCUT2D eigenvalue weighted by molar-refractivity contribution is 6.05. The molecule has 0 saturated heterocycles. The van der Waals surface area contributed by atoms with E-state index >= 15 is 0 Å². The highest BCUT2D eigenvalue weighted by atomic mass is 19.3. The number of carbonyl (C=O) groups excluding carboxylic acids is 2. The van der Waals surface area contributed by atoms with Gasteiger partial charge in [-0.15, -0.1) is 0 Å². The van der Waals surface area contributed by atoms with Crippen molar-refractivity contribution in [2.75, 3.05) is 11.5 Å².